The summed E-state index contributed by atoms with van der Waals surface area (Å²) in [7, 11) is 1.70. The third-order valence-corrected chi connectivity index (χ3v) is 6.51. The molecule has 2 aromatic carbocycles. The fourth-order valence-electron chi connectivity index (χ4n) is 4.65. The second-order valence-corrected chi connectivity index (χ2v) is 8.55. The molecule has 5 heteroatoms. The van der Waals surface area contributed by atoms with E-state index in [1.165, 1.54) is 24.8 Å². The van der Waals surface area contributed by atoms with Gasteiger partial charge in [0.25, 0.3) is 0 Å². The summed E-state index contributed by atoms with van der Waals surface area (Å²) < 4.78 is 13.0. The van der Waals surface area contributed by atoms with Crippen molar-refractivity contribution in [2.24, 2.45) is 5.10 Å². The molecule has 5 rings (SSSR count). The summed E-state index contributed by atoms with van der Waals surface area (Å²) in [4.78, 5) is 0. The lowest BCUT2D eigenvalue weighted by Gasteiger charge is -2.49. The van der Waals surface area contributed by atoms with Gasteiger partial charge in [-0.1, -0.05) is 22.4 Å². The monoisotopic (exact) mass is 426 g/mol. The maximum atomic E-state index is 6.63. The van der Waals surface area contributed by atoms with E-state index in [2.05, 4.69) is 51.3 Å². The van der Waals surface area contributed by atoms with Gasteiger partial charge in [-0.15, -0.1) is 0 Å². The van der Waals surface area contributed by atoms with Crippen molar-refractivity contribution in [3.05, 3.63) is 58.1 Å². The molecule has 4 nitrogen and oxygen atoms in total. The molecule has 0 saturated heterocycles. The standard InChI is InChI=1S/C22H23BrN2O2/c1-26-17-8-5-15(6-9-17)19-14-20-18-13-16(23)7-10-21(18)27-22(25(20)24-19)11-3-2-4-12-22/h5-10,13,20H,2-4,11-12,14H2,1H3. The second-order valence-electron chi connectivity index (χ2n) is 7.63. The molecule has 1 aliphatic carbocycles. The Labute approximate surface area is 168 Å². The molecule has 1 atom stereocenters. The van der Waals surface area contributed by atoms with Crippen LogP contribution in [-0.2, 0) is 0 Å². The minimum Gasteiger partial charge on any atom is -0.497 e. The van der Waals surface area contributed by atoms with Crippen molar-refractivity contribution in [2.75, 3.05) is 7.11 Å². The number of halogens is 1. The van der Waals surface area contributed by atoms with Crippen LogP contribution in [0.1, 0.15) is 55.7 Å². The molecule has 1 saturated carbocycles. The van der Waals surface area contributed by atoms with Crippen molar-refractivity contribution < 1.29 is 9.47 Å². The van der Waals surface area contributed by atoms with Crippen LogP contribution in [0.5, 0.6) is 11.5 Å². The van der Waals surface area contributed by atoms with Gasteiger partial charge in [0, 0.05) is 29.3 Å². The highest BCUT2D eigenvalue weighted by molar-refractivity contribution is 9.10. The zero-order chi connectivity index (χ0) is 18.4. The molecule has 2 aromatic rings. The van der Waals surface area contributed by atoms with E-state index in [-0.39, 0.29) is 11.8 Å². The molecule has 3 aliphatic rings. The van der Waals surface area contributed by atoms with Crippen LogP contribution in [0.25, 0.3) is 0 Å². The van der Waals surface area contributed by atoms with E-state index in [1.807, 2.05) is 12.1 Å². The third-order valence-electron chi connectivity index (χ3n) is 6.02. The first-order valence-corrected chi connectivity index (χ1v) is 10.5. The van der Waals surface area contributed by atoms with Gasteiger partial charge in [-0.05, 0) is 60.9 Å². The highest BCUT2D eigenvalue weighted by Gasteiger charge is 2.50. The van der Waals surface area contributed by atoms with Gasteiger partial charge >= 0.3 is 0 Å². The fraction of sp³-hybridized carbons (Fsp3) is 0.409. The summed E-state index contributed by atoms with van der Waals surface area (Å²) in [6, 6.07) is 14.8. The molecule has 2 heterocycles. The molecular weight excluding hydrogens is 404 g/mol. The van der Waals surface area contributed by atoms with Gasteiger partial charge in [0.2, 0.25) is 0 Å². The van der Waals surface area contributed by atoms with E-state index in [0.717, 1.165) is 46.5 Å². The first-order chi connectivity index (χ1) is 13.2. The van der Waals surface area contributed by atoms with Gasteiger partial charge in [0.05, 0.1) is 18.9 Å². The van der Waals surface area contributed by atoms with E-state index in [9.17, 15) is 0 Å². The minimum absolute atomic E-state index is 0.237. The summed E-state index contributed by atoms with van der Waals surface area (Å²) in [5.41, 5.74) is 3.22. The molecule has 1 fully saturated rings. The largest absolute Gasteiger partial charge is 0.497 e. The molecular formula is C22H23BrN2O2. The zero-order valence-corrected chi connectivity index (χ0v) is 17.0. The predicted octanol–water partition coefficient (Wildman–Crippen LogP) is 5.66. The maximum Gasteiger partial charge on any atom is 0.198 e. The molecule has 27 heavy (non-hydrogen) atoms. The second kappa shape index (κ2) is 6.55. The van der Waals surface area contributed by atoms with E-state index in [1.54, 1.807) is 7.11 Å². The Bertz CT molecular complexity index is 888. The molecule has 0 aromatic heterocycles. The lowest BCUT2D eigenvalue weighted by molar-refractivity contribution is -0.140. The number of rotatable bonds is 2. The van der Waals surface area contributed by atoms with Crippen LogP contribution in [-0.4, -0.2) is 23.6 Å². The van der Waals surface area contributed by atoms with Crippen LogP contribution in [0.4, 0.5) is 0 Å². The number of methoxy groups -OCH3 is 1. The van der Waals surface area contributed by atoms with Gasteiger partial charge in [0.15, 0.2) is 5.72 Å². The van der Waals surface area contributed by atoms with Crippen LogP contribution >= 0.6 is 15.9 Å². The molecule has 0 amide bonds. The summed E-state index contributed by atoms with van der Waals surface area (Å²) >= 11 is 3.63. The first-order valence-electron chi connectivity index (χ1n) is 9.68. The Kier molecular flexibility index (Phi) is 4.15. The van der Waals surface area contributed by atoms with Crippen molar-refractivity contribution in [3.63, 3.8) is 0 Å². The highest BCUT2D eigenvalue weighted by atomic mass is 79.9. The molecule has 0 bridgehead atoms. The van der Waals surface area contributed by atoms with Crippen molar-refractivity contribution in [1.82, 2.24) is 5.01 Å². The molecule has 0 radical (unpaired) electrons. The van der Waals surface area contributed by atoms with Crippen molar-refractivity contribution in [1.29, 1.82) is 0 Å². The molecule has 1 spiro atoms. The quantitative estimate of drug-likeness (QED) is 0.620. The third kappa shape index (κ3) is 2.83. The summed E-state index contributed by atoms with van der Waals surface area (Å²) in [6.45, 7) is 0. The zero-order valence-electron chi connectivity index (χ0n) is 15.5. The number of fused-ring (bicyclic) bond motifs is 4. The molecule has 1 unspecified atom stereocenters. The Morgan fingerprint density at radius 3 is 2.63 bits per heavy atom. The molecule has 2 aliphatic heterocycles. The lowest BCUT2D eigenvalue weighted by Crippen LogP contribution is -2.54. The minimum atomic E-state index is -0.294. The van der Waals surface area contributed by atoms with Gasteiger partial charge in [-0.25, -0.2) is 5.01 Å². The fourth-order valence-corrected chi connectivity index (χ4v) is 5.02. The number of ether oxygens (including phenoxy) is 2. The molecule has 0 N–H and O–H groups in total. The van der Waals surface area contributed by atoms with Crippen molar-refractivity contribution in [3.8, 4) is 11.5 Å². The van der Waals surface area contributed by atoms with E-state index in [4.69, 9.17) is 14.6 Å². The number of benzene rings is 2. The van der Waals surface area contributed by atoms with Gasteiger partial charge in [-0.3, -0.25) is 0 Å². The van der Waals surface area contributed by atoms with Crippen molar-refractivity contribution in [2.45, 2.75) is 50.3 Å². The van der Waals surface area contributed by atoms with Crippen LogP contribution in [0, 0.1) is 0 Å². The average Bonchev–Trinajstić information content (AvgIpc) is 3.16. The topological polar surface area (TPSA) is 34.1 Å². The van der Waals surface area contributed by atoms with Crippen LogP contribution in [0.15, 0.2) is 52.0 Å². The summed E-state index contributed by atoms with van der Waals surface area (Å²) in [6.07, 6.45) is 6.66. The summed E-state index contributed by atoms with van der Waals surface area (Å²) in [5, 5.41) is 7.39. The number of hydrazone groups is 1. The Balaban J connectivity index is 1.57. The van der Waals surface area contributed by atoms with E-state index in [0.29, 0.717) is 0 Å². The Hall–Kier alpha value is -2.01. The van der Waals surface area contributed by atoms with Crippen LogP contribution in [0.3, 0.4) is 0 Å². The average molecular weight is 427 g/mol. The van der Waals surface area contributed by atoms with Crippen LogP contribution in [0.2, 0.25) is 0 Å². The van der Waals surface area contributed by atoms with Gasteiger partial charge < -0.3 is 9.47 Å². The van der Waals surface area contributed by atoms with Gasteiger partial charge in [-0.2, -0.15) is 5.10 Å². The smallest absolute Gasteiger partial charge is 0.198 e. The highest BCUT2D eigenvalue weighted by Crippen LogP contribution is 2.51. The van der Waals surface area contributed by atoms with E-state index < -0.39 is 0 Å². The Morgan fingerprint density at radius 2 is 1.89 bits per heavy atom. The Morgan fingerprint density at radius 1 is 1.11 bits per heavy atom. The normalized spacial score (nSPS) is 22.7. The van der Waals surface area contributed by atoms with E-state index >= 15 is 0 Å². The van der Waals surface area contributed by atoms with Gasteiger partial charge in [0.1, 0.15) is 11.5 Å². The number of nitrogens with zero attached hydrogens (tertiary/aromatic N) is 2. The summed E-state index contributed by atoms with van der Waals surface area (Å²) in [5.74, 6) is 1.89. The lowest BCUT2D eigenvalue weighted by atomic mass is 9.86. The maximum absolute atomic E-state index is 6.63. The predicted molar refractivity (Wildman–Crippen MR) is 109 cm³/mol. The molecule has 140 valence electrons. The SMILES string of the molecule is COc1ccc(C2=NN3C(C2)c2cc(Br)ccc2OC32CCCCC2)cc1. The van der Waals surface area contributed by atoms with Crippen LogP contribution < -0.4 is 9.47 Å². The number of hydrogen-bond acceptors (Lipinski definition) is 4. The number of hydrogen-bond donors (Lipinski definition) is 0. The first kappa shape index (κ1) is 17.1. The van der Waals surface area contributed by atoms with Crippen molar-refractivity contribution >= 4 is 21.6 Å².